The first-order valence-electron chi connectivity index (χ1n) is 6.11. The second kappa shape index (κ2) is 5.89. The molecular formula is C14H20O2S. The molecule has 0 aromatic heterocycles. The van der Waals surface area contributed by atoms with Crippen molar-refractivity contribution in [2.75, 3.05) is 18.1 Å². The Kier molecular flexibility index (Phi) is 4.48. The van der Waals surface area contributed by atoms with Crippen LogP contribution in [0.4, 0.5) is 0 Å². The van der Waals surface area contributed by atoms with Gasteiger partial charge in [-0.2, -0.15) is 11.8 Å². The monoisotopic (exact) mass is 252 g/mol. The SMILES string of the molecule is Cc1cccc(C)c1CC(O)C1CSCCO1. The summed E-state index contributed by atoms with van der Waals surface area (Å²) in [6, 6.07) is 6.27. The predicted molar refractivity (Wildman–Crippen MR) is 72.7 cm³/mol. The Bertz CT molecular complexity index is 352. The lowest BCUT2D eigenvalue weighted by atomic mass is 9.96. The van der Waals surface area contributed by atoms with E-state index < -0.39 is 0 Å². The highest BCUT2D eigenvalue weighted by molar-refractivity contribution is 7.99. The molecule has 2 nitrogen and oxygen atoms in total. The van der Waals surface area contributed by atoms with E-state index in [2.05, 4.69) is 32.0 Å². The largest absolute Gasteiger partial charge is 0.390 e. The molecule has 0 saturated carbocycles. The zero-order chi connectivity index (χ0) is 12.3. The van der Waals surface area contributed by atoms with Crippen LogP contribution in [0.3, 0.4) is 0 Å². The second-order valence-corrected chi connectivity index (χ2v) is 5.78. The van der Waals surface area contributed by atoms with Crippen molar-refractivity contribution in [1.29, 1.82) is 0 Å². The number of ether oxygens (including phenoxy) is 1. The molecule has 1 aliphatic heterocycles. The first kappa shape index (κ1) is 12.9. The Balaban J connectivity index is 2.04. The summed E-state index contributed by atoms with van der Waals surface area (Å²) in [4.78, 5) is 0. The van der Waals surface area contributed by atoms with E-state index >= 15 is 0 Å². The molecule has 0 aliphatic carbocycles. The van der Waals surface area contributed by atoms with Crippen molar-refractivity contribution in [2.45, 2.75) is 32.5 Å². The number of hydrogen-bond donors (Lipinski definition) is 1. The molecule has 0 bridgehead atoms. The number of benzene rings is 1. The molecule has 1 heterocycles. The van der Waals surface area contributed by atoms with E-state index in [0.29, 0.717) is 6.42 Å². The van der Waals surface area contributed by atoms with Gasteiger partial charge in [-0.1, -0.05) is 18.2 Å². The zero-order valence-electron chi connectivity index (χ0n) is 10.5. The molecule has 2 atom stereocenters. The molecule has 2 rings (SSSR count). The highest BCUT2D eigenvalue weighted by Crippen LogP contribution is 2.21. The van der Waals surface area contributed by atoms with Crippen LogP contribution >= 0.6 is 11.8 Å². The Morgan fingerprint density at radius 3 is 2.71 bits per heavy atom. The van der Waals surface area contributed by atoms with Crippen LogP contribution in [0.2, 0.25) is 0 Å². The number of aliphatic hydroxyl groups excluding tert-OH is 1. The van der Waals surface area contributed by atoms with Gasteiger partial charge in [-0.05, 0) is 30.5 Å². The Morgan fingerprint density at radius 1 is 1.41 bits per heavy atom. The maximum absolute atomic E-state index is 10.2. The van der Waals surface area contributed by atoms with E-state index in [1.165, 1.54) is 16.7 Å². The van der Waals surface area contributed by atoms with Gasteiger partial charge in [-0.25, -0.2) is 0 Å². The number of aliphatic hydroxyl groups is 1. The van der Waals surface area contributed by atoms with Crippen LogP contribution in [0.15, 0.2) is 18.2 Å². The van der Waals surface area contributed by atoms with E-state index in [0.717, 1.165) is 18.1 Å². The van der Waals surface area contributed by atoms with Gasteiger partial charge in [0.2, 0.25) is 0 Å². The summed E-state index contributed by atoms with van der Waals surface area (Å²) in [6.45, 7) is 4.97. The summed E-state index contributed by atoms with van der Waals surface area (Å²) in [5.74, 6) is 1.96. The third-order valence-electron chi connectivity index (χ3n) is 3.33. The van der Waals surface area contributed by atoms with Crippen molar-refractivity contribution < 1.29 is 9.84 Å². The zero-order valence-corrected chi connectivity index (χ0v) is 11.3. The van der Waals surface area contributed by atoms with Gasteiger partial charge >= 0.3 is 0 Å². The first-order chi connectivity index (χ1) is 8.18. The second-order valence-electron chi connectivity index (χ2n) is 4.63. The lowest BCUT2D eigenvalue weighted by molar-refractivity contribution is -0.0209. The standard InChI is InChI=1S/C14H20O2S/c1-10-4-3-5-11(2)12(10)8-13(15)14-9-17-7-6-16-14/h3-5,13-15H,6-9H2,1-2H3. The van der Waals surface area contributed by atoms with Gasteiger partial charge < -0.3 is 9.84 Å². The van der Waals surface area contributed by atoms with Gasteiger partial charge in [-0.3, -0.25) is 0 Å². The van der Waals surface area contributed by atoms with Crippen LogP contribution in [0.25, 0.3) is 0 Å². The molecular weight excluding hydrogens is 232 g/mol. The molecule has 17 heavy (non-hydrogen) atoms. The van der Waals surface area contributed by atoms with Crippen LogP contribution in [0, 0.1) is 13.8 Å². The molecule has 0 radical (unpaired) electrons. The number of rotatable bonds is 3. The lowest BCUT2D eigenvalue weighted by Crippen LogP contribution is -2.36. The predicted octanol–water partition coefficient (Wildman–Crippen LogP) is 2.34. The highest BCUT2D eigenvalue weighted by atomic mass is 32.2. The van der Waals surface area contributed by atoms with Gasteiger partial charge in [0.05, 0.1) is 18.8 Å². The van der Waals surface area contributed by atoms with Crippen molar-refractivity contribution >= 4 is 11.8 Å². The lowest BCUT2D eigenvalue weighted by Gasteiger charge is -2.27. The van der Waals surface area contributed by atoms with Crippen LogP contribution in [-0.4, -0.2) is 35.4 Å². The summed E-state index contributed by atoms with van der Waals surface area (Å²) in [5, 5.41) is 10.2. The average Bonchev–Trinajstić information content (AvgIpc) is 2.35. The van der Waals surface area contributed by atoms with E-state index in [1.54, 1.807) is 0 Å². The molecule has 2 unspecified atom stereocenters. The van der Waals surface area contributed by atoms with Crippen LogP contribution < -0.4 is 0 Å². The van der Waals surface area contributed by atoms with E-state index in [9.17, 15) is 5.11 Å². The maximum Gasteiger partial charge on any atom is 0.0927 e. The Morgan fingerprint density at radius 2 is 2.12 bits per heavy atom. The summed E-state index contributed by atoms with van der Waals surface area (Å²) in [5.41, 5.74) is 3.78. The topological polar surface area (TPSA) is 29.5 Å². The summed E-state index contributed by atoms with van der Waals surface area (Å²) in [6.07, 6.45) is 0.305. The molecule has 1 fully saturated rings. The van der Waals surface area contributed by atoms with Gasteiger partial charge in [0.1, 0.15) is 0 Å². The summed E-state index contributed by atoms with van der Waals surface area (Å²) < 4.78 is 5.62. The van der Waals surface area contributed by atoms with Crippen molar-refractivity contribution in [3.8, 4) is 0 Å². The van der Waals surface area contributed by atoms with Gasteiger partial charge in [0.15, 0.2) is 0 Å². The smallest absolute Gasteiger partial charge is 0.0927 e. The average molecular weight is 252 g/mol. The summed E-state index contributed by atoms with van der Waals surface area (Å²) >= 11 is 1.87. The van der Waals surface area contributed by atoms with E-state index in [1.807, 2.05) is 11.8 Å². The van der Waals surface area contributed by atoms with Crippen LogP contribution in [-0.2, 0) is 11.2 Å². The molecule has 1 N–H and O–H groups in total. The molecule has 1 aromatic carbocycles. The maximum atomic E-state index is 10.2. The fourth-order valence-corrected chi connectivity index (χ4v) is 3.17. The molecule has 0 amide bonds. The molecule has 3 heteroatoms. The quantitative estimate of drug-likeness (QED) is 0.895. The molecule has 1 aliphatic rings. The third kappa shape index (κ3) is 3.24. The Labute approximate surface area is 107 Å². The Hall–Kier alpha value is -0.510. The minimum Gasteiger partial charge on any atom is -0.390 e. The number of thioether (sulfide) groups is 1. The van der Waals surface area contributed by atoms with Crippen molar-refractivity contribution in [1.82, 2.24) is 0 Å². The third-order valence-corrected chi connectivity index (χ3v) is 4.35. The first-order valence-corrected chi connectivity index (χ1v) is 7.26. The minimum atomic E-state index is -0.386. The van der Waals surface area contributed by atoms with Crippen molar-refractivity contribution in [3.63, 3.8) is 0 Å². The molecule has 0 spiro atoms. The van der Waals surface area contributed by atoms with Crippen LogP contribution in [0.1, 0.15) is 16.7 Å². The summed E-state index contributed by atoms with van der Waals surface area (Å²) in [7, 11) is 0. The van der Waals surface area contributed by atoms with E-state index in [4.69, 9.17) is 4.74 Å². The van der Waals surface area contributed by atoms with Crippen molar-refractivity contribution in [2.24, 2.45) is 0 Å². The highest BCUT2D eigenvalue weighted by Gasteiger charge is 2.23. The minimum absolute atomic E-state index is 0.00671. The normalized spacial score (nSPS) is 22.4. The van der Waals surface area contributed by atoms with Gasteiger partial charge in [-0.15, -0.1) is 0 Å². The van der Waals surface area contributed by atoms with Crippen molar-refractivity contribution in [3.05, 3.63) is 34.9 Å². The van der Waals surface area contributed by atoms with Gasteiger partial charge in [0, 0.05) is 17.9 Å². The molecule has 94 valence electrons. The number of hydrogen-bond acceptors (Lipinski definition) is 3. The fourth-order valence-electron chi connectivity index (χ4n) is 2.24. The molecule has 1 aromatic rings. The number of aryl methyl sites for hydroxylation is 2. The molecule has 1 saturated heterocycles. The van der Waals surface area contributed by atoms with Gasteiger partial charge in [0.25, 0.3) is 0 Å². The fraction of sp³-hybridized carbons (Fsp3) is 0.571. The van der Waals surface area contributed by atoms with Crippen LogP contribution in [0.5, 0.6) is 0 Å². The van der Waals surface area contributed by atoms with E-state index in [-0.39, 0.29) is 12.2 Å².